The molecular weight excluding hydrogens is 491 g/mol. The summed E-state index contributed by atoms with van der Waals surface area (Å²) in [7, 11) is -7.82. The zero-order valence-electron chi connectivity index (χ0n) is 16.3. The highest BCUT2D eigenvalue weighted by atomic mass is 35.5. The van der Waals surface area contributed by atoms with E-state index in [1.165, 1.54) is 42.5 Å². The van der Waals surface area contributed by atoms with Crippen molar-refractivity contribution in [3.63, 3.8) is 0 Å². The Labute approximate surface area is 195 Å². The van der Waals surface area contributed by atoms with Crippen LogP contribution in [0.2, 0.25) is 10.0 Å². The van der Waals surface area contributed by atoms with Crippen molar-refractivity contribution < 1.29 is 16.8 Å². The minimum atomic E-state index is -3.96. The number of hydrogen-bond acceptors (Lipinski definition) is 4. The van der Waals surface area contributed by atoms with Gasteiger partial charge in [-0.25, -0.2) is 16.8 Å². The molecular formula is C22H16Cl2N2O4S2. The van der Waals surface area contributed by atoms with Crippen LogP contribution >= 0.6 is 23.2 Å². The van der Waals surface area contributed by atoms with Gasteiger partial charge in [-0.15, -0.1) is 0 Å². The lowest BCUT2D eigenvalue weighted by Crippen LogP contribution is -2.15. The summed E-state index contributed by atoms with van der Waals surface area (Å²) in [6, 6.07) is 22.2. The molecule has 0 radical (unpaired) electrons. The zero-order chi connectivity index (χ0) is 22.9. The molecule has 2 N–H and O–H groups in total. The lowest BCUT2D eigenvalue weighted by molar-refractivity contribution is 0.600. The minimum absolute atomic E-state index is 0.0674. The summed E-state index contributed by atoms with van der Waals surface area (Å²) in [5.41, 5.74) is 0.359. The first-order valence-electron chi connectivity index (χ1n) is 9.24. The molecule has 0 aliphatic heterocycles. The van der Waals surface area contributed by atoms with E-state index < -0.39 is 20.0 Å². The topological polar surface area (TPSA) is 92.3 Å². The van der Waals surface area contributed by atoms with Crippen molar-refractivity contribution in [2.45, 2.75) is 9.79 Å². The molecule has 0 aliphatic carbocycles. The normalized spacial score (nSPS) is 11.9. The van der Waals surface area contributed by atoms with Gasteiger partial charge in [-0.05, 0) is 59.3 Å². The van der Waals surface area contributed by atoms with Crippen molar-refractivity contribution in [3.8, 4) is 0 Å². The number of anilines is 2. The van der Waals surface area contributed by atoms with Gasteiger partial charge in [-0.1, -0.05) is 59.6 Å². The molecule has 0 fully saturated rings. The van der Waals surface area contributed by atoms with Crippen LogP contribution in [0.1, 0.15) is 0 Å². The van der Waals surface area contributed by atoms with Crippen molar-refractivity contribution in [1.29, 1.82) is 0 Å². The first-order chi connectivity index (χ1) is 15.2. The SMILES string of the molecule is O=S(=O)(Nc1ccc(S(=O)(=O)Nc2cccc(Cl)c2Cl)cc1)c1ccc2ccccc2c1. The first kappa shape index (κ1) is 22.4. The van der Waals surface area contributed by atoms with Gasteiger partial charge in [0.25, 0.3) is 20.0 Å². The second-order valence-corrected chi connectivity index (χ2v) is 11.0. The Morgan fingerprint density at radius 2 is 1.22 bits per heavy atom. The molecule has 0 aromatic heterocycles. The fourth-order valence-electron chi connectivity index (χ4n) is 3.04. The van der Waals surface area contributed by atoms with Gasteiger partial charge in [-0.3, -0.25) is 9.44 Å². The quantitative estimate of drug-likeness (QED) is 0.348. The highest BCUT2D eigenvalue weighted by Gasteiger charge is 2.18. The molecule has 0 saturated heterocycles. The van der Waals surface area contributed by atoms with Crippen molar-refractivity contribution in [2.75, 3.05) is 9.44 Å². The molecule has 164 valence electrons. The summed E-state index contributed by atoms with van der Waals surface area (Å²) < 4.78 is 55.7. The van der Waals surface area contributed by atoms with Gasteiger partial charge in [0.1, 0.15) is 0 Å². The van der Waals surface area contributed by atoms with Gasteiger partial charge < -0.3 is 0 Å². The summed E-state index contributed by atoms with van der Waals surface area (Å²) in [4.78, 5) is 0.0346. The van der Waals surface area contributed by atoms with Crippen molar-refractivity contribution >= 4 is 65.4 Å². The summed E-state index contributed by atoms with van der Waals surface area (Å²) >= 11 is 12.0. The summed E-state index contributed by atoms with van der Waals surface area (Å²) in [5.74, 6) is 0. The van der Waals surface area contributed by atoms with Gasteiger partial charge in [0.2, 0.25) is 0 Å². The maximum atomic E-state index is 12.8. The second-order valence-electron chi connectivity index (χ2n) is 6.85. The van der Waals surface area contributed by atoms with E-state index in [2.05, 4.69) is 9.44 Å². The van der Waals surface area contributed by atoms with Crippen LogP contribution in [-0.2, 0) is 20.0 Å². The fourth-order valence-corrected chi connectivity index (χ4v) is 5.61. The molecule has 0 saturated carbocycles. The van der Waals surface area contributed by atoms with Gasteiger partial charge in [0, 0.05) is 5.69 Å². The standard InChI is InChI=1S/C22H16Cl2N2O4S2/c23-20-6-3-7-21(22(20)24)26-31(27,28)18-12-9-17(10-13-18)25-32(29,30)19-11-8-15-4-1-2-5-16(15)14-19/h1-14,25-26H. The predicted molar refractivity (Wildman–Crippen MR) is 128 cm³/mol. The average Bonchev–Trinajstić information content (AvgIpc) is 2.76. The van der Waals surface area contributed by atoms with E-state index in [9.17, 15) is 16.8 Å². The number of rotatable bonds is 6. The predicted octanol–water partition coefficient (Wildman–Crippen LogP) is 5.75. The zero-order valence-corrected chi connectivity index (χ0v) is 19.4. The van der Waals surface area contributed by atoms with E-state index >= 15 is 0 Å². The van der Waals surface area contributed by atoms with E-state index in [0.29, 0.717) is 0 Å². The summed E-state index contributed by atoms with van der Waals surface area (Å²) in [5, 5.41) is 2.01. The van der Waals surface area contributed by atoms with Gasteiger partial charge in [0.15, 0.2) is 0 Å². The molecule has 0 spiro atoms. The van der Waals surface area contributed by atoms with Crippen LogP contribution in [0.4, 0.5) is 11.4 Å². The third-order valence-electron chi connectivity index (χ3n) is 4.64. The number of nitrogens with one attached hydrogen (secondary N) is 2. The molecule has 10 heteroatoms. The van der Waals surface area contributed by atoms with Crippen molar-refractivity contribution in [2.24, 2.45) is 0 Å². The van der Waals surface area contributed by atoms with Crippen LogP contribution in [0.25, 0.3) is 10.8 Å². The van der Waals surface area contributed by atoms with E-state index in [-0.39, 0.29) is 31.2 Å². The molecule has 0 amide bonds. The molecule has 0 aliphatic rings. The number of halogens is 2. The van der Waals surface area contributed by atoms with Crippen LogP contribution in [-0.4, -0.2) is 16.8 Å². The Kier molecular flexibility index (Phi) is 6.05. The maximum Gasteiger partial charge on any atom is 0.261 e. The highest BCUT2D eigenvalue weighted by Crippen LogP contribution is 2.31. The van der Waals surface area contributed by atoms with E-state index in [0.717, 1.165) is 10.8 Å². The molecule has 4 rings (SSSR count). The van der Waals surface area contributed by atoms with E-state index in [1.54, 1.807) is 18.2 Å². The van der Waals surface area contributed by atoms with Crippen LogP contribution in [0, 0.1) is 0 Å². The van der Waals surface area contributed by atoms with Gasteiger partial charge >= 0.3 is 0 Å². The Morgan fingerprint density at radius 1 is 0.594 bits per heavy atom. The lowest BCUT2D eigenvalue weighted by Gasteiger charge is -2.12. The lowest BCUT2D eigenvalue weighted by atomic mass is 10.1. The van der Waals surface area contributed by atoms with Crippen molar-refractivity contribution in [1.82, 2.24) is 0 Å². The molecule has 0 unspecified atom stereocenters. The summed E-state index contributed by atoms with van der Waals surface area (Å²) in [6.45, 7) is 0. The number of fused-ring (bicyclic) bond motifs is 1. The average molecular weight is 507 g/mol. The monoisotopic (exact) mass is 506 g/mol. The Balaban J connectivity index is 1.55. The number of hydrogen-bond donors (Lipinski definition) is 2. The summed E-state index contributed by atoms with van der Waals surface area (Å²) in [6.07, 6.45) is 0. The smallest absolute Gasteiger partial charge is 0.261 e. The molecule has 4 aromatic carbocycles. The minimum Gasteiger partial charge on any atom is -0.280 e. The molecule has 6 nitrogen and oxygen atoms in total. The van der Waals surface area contributed by atoms with Crippen LogP contribution in [0.3, 0.4) is 0 Å². The number of sulfonamides is 2. The Morgan fingerprint density at radius 3 is 1.94 bits per heavy atom. The Bertz CT molecular complexity index is 1520. The third-order valence-corrected chi connectivity index (χ3v) is 8.22. The Hall–Kier alpha value is -2.78. The molecule has 4 aromatic rings. The van der Waals surface area contributed by atoms with Gasteiger partial charge in [-0.2, -0.15) is 0 Å². The number of benzene rings is 4. The second kappa shape index (κ2) is 8.63. The van der Waals surface area contributed by atoms with Crippen LogP contribution in [0.15, 0.2) is 94.7 Å². The molecule has 0 heterocycles. The van der Waals surface area contributed by atoms with E-state index in [1.807, 2.05) is 24.3 Å². The van der Waals surface area contributed by atoms with Crippen LogP contribution in [0.5, 0.6) is 0 Å². The van der Waals surface area contributed by atoms with E-state index in [4.69, 9.17) is 23.2 Å². The molecule has 32 heavy (non-hydrogen) atoms. The fraction of sp³-hybridized carbons (Fsp3) is 0. The van der Waals surface area contributed by atoms with Gasteiger partial charge in [0.05, 0.1) is 25.5 Å². The highest BCUT2D eigenvalue weighted by molar-refractivity contribution is 7.93. The first-order valence-corrected chi connectivity index (χ1v) is 13.0. The van der Waals surface area contributed by atoms with Crippen molar-refractivity contribution in [3.05, 3.63) is 95.0 Å². The molecule has 0 atom stereocenters. The molecule has 0 bridgehead atoms. The maximum absolute atomic E-state index is 12.8. The third kappa shape index (κ3) is 4.68. The largest absolute Gasteiger partial charge is 0.280 e. The van der Waals surface area contributed by atoms with Crippen LogP contribution < -0.4 is 9.44 Å².